The summed E-state index contributed by atoms with van der Waals surface area (Å²) in [5.74, 6) is -1.22. The summed E-state index contributed by atoms with van der Waals surface area (Å²) in [6, 6.07) is 11.7. The zero-order chi connectivity index (χ0) is 23.4. The maximum absolute atomic E-state index is 8.53. The highest BCUT2D eigenvalue weighted by Gasteiger charge is 2.22. The highest BCUT2D eigenvalue weighted by molar-refractivity contribution is 6.08. The Bertz CT molecular complexity index is 1320. The van der Waals surface area contributed by atoms with Crippen LogP contribution in [0.15, 0.2) is 47.0 Å². The molecule has 0 bridgehead atoms. The lowest BCUT2D eigenvalue weighted by Gasteiger charge is -2.09. The fourth-order valence-corrected chi connectivity index (χ4v) is 3.76. The molecule has 0 saturated carbocycles. The smallest absolute Gasteiger partial charge is 0.227 e. The van der Waals surface area contributed by atoms with Gasteiger partial charge in [-0.1, -0.05) is 39.8 Å². The molecule has 0 spiro atoms. The van der Waals surface area contributed by atoms with Crippen molar-refractivity contribution < 1.29 is 14.5 Å². The lowest BCUT2D eigenvalue weighted by molar-refractivity contribution is -0.660. The van der Waals surface area contributed by atoms with E-state index in [-0.39, 0.29) is 0 Å². The molecular formula is C25H29N2O+. The molecule has 3 aromatic heterocycles. The average Bonchev–Trinajstić information content (AvgIpc) is 3.04. The van der Waals surface area contributed by atoms with Crippen LogP contribution in [0, 0.1) is 12.8 Å². The third-order valence-electron chi connectivity index (χ3n) is 5.23. The van der Waals surface area contributed by atoms with Gasteiger partial charge in [0.1, 0.15) is 7.05 Å². The predicted octanol–water partition coefficient (Wildman–Crippen LogP) is 6.10. The lowest BCUT2D eigenvalue weighted by atomic mass is 9.97. The zero-order valence-corrected chi connectivity index (χ0v) is 17.1. The quantitative estimate of drug-likeness (QED) is 0.402. The molecule has 0 aliphatic heterocycles. The number of aromatic nitrogens is 2. The van der Waals surface area contributed by atoms with Crippen molar-refractivity contribution in [3.63, 3.8) is 0 Å². The van der Waals surface area contributed by atoms with E-state index in [9.17, 15) is 0 Å². The van der Waals surface area contributed by atoms with Gasteiger partial charge in [-0.05, 0) is 48.4 Å². The van der Waals surface area contributed by atoms with Gasteiger partial charge in [-0.25, -0.2) is 9.55 Å². The second-order valence-electron chi connectivity index (χ2n) is 8.03. The molecule has 0 saturated heterocycles. The summed E-state index contributed by atoms with van der Waals surface area (Å²) >= 11 is 0. The van der Waals surface area contributed by atoms with Crippen molar-refractivity contribution >= 4 is 22.1 Å². The Labute approximate surface area is 172 Å². The number of hydrogen-bond donors (Lipinski definition) is 0. The Morgan fingerprint density at radius 2 is 1.93 bits per heavy atom. The van der Waals surface area contributed by atoms with Gasteiger partial charge in [0.25, 0.3) is 0 Å². The van der Waals surface area contributed by atoms with Crippen molar-refractivity contribution in [1.82, 2.24) is 4.98 Å². The summed E-state index contributed by atoms with van der Waals surface area (Å²) in [5, 5.41) is 1.93. The first-order valence-corrected chi connectivity index (χ1v) is 9.72. The van der Waals surface area contributed by atoms with Crippen LogP contribution in [0.25, 0.3) is 33.3 Å². The molecule has 28 heavy (non-hydrogen) atoms. The Morgan fingerprint density at radius 3 is 2.68 bits per heavy atom. The van der Waals surface area contributed by atoms with Gasteiger partial charge < -0.3 is 4.42 Å². The Balaban J connectivity index is 1.96. The normalized spacial score (nSPS) is 16.6. The van der Waals surface area contributed by atoms with Crippen LogP contribution in [-0.2, 0) is 13.5 Å². The van der Waals surface area contributed by atoms with Gasteiger partial charge in [0.15, 0.2) is 11.8 Å². The third-order valence-corrected chi connectivity index (χ3v) is 5.23. The standard InChI is InChI=1S/C25H29N2O/c1-15(2)13-19-8-10-21-20-9-7-17(5)23(24(20)28-25(21)26-19)22-14-18(16(3)4)11-12-27(22)6/h7-12,14-16H,13H2,1-6H3/q+1/i3D3,16D. The molecule has 1 atom stereocenters. The number of aryl methyl sites for hydroxylation is 2. The molecule has 3 heteroatoms. The number of pyridine rings is 2. The first-order chi connectivity index (χ1) is 14.9. The van der Waals surface area contributed by atoms with Crippen LogP contribution < -0.4 is 4.57 Å². The van der Waals surface area contributed by atoms with E-state index >= 15 is 0 Å². The first kappa shape index (κ1) is 14.3. The number of nitrogens with zero attached hydrogens (tertiary/aromatic N) is 2. The molecule has 144 valence electrons. The van der Waals surface area contributed by atoms with Gasteiger partial charge in [0.05, 0.1) is 5.56 Å². The minimum Gasteiger partial charge on any atom is -0.437 e. The van der Waals surface area contributed by atoms with E-state index in [2.05, 4.69) is 26.0 Å². The molecule has 1 unspecified atom stereocenters. The highest BCUT2D eigenvalue weighted by atomic mass is 16.3. The topological polar surface area (TPSA) is 29.9 Å². The van der Waals surface area contributed by atoms with E-state index in [1.807, 2.05) is 36.9 Å². The second kappa shape index (κ2) is 7.05. The Kier molecular flexibility index (Phi) is 3.61. The van der Waals surface area contributed by atoms with Crippen LogP contribution in [-0.4, -0.2) is 4.98 Å². The molecule has 0 N–H and O–H groups in total. The van der Waals surface area contributed by atoms with Gasteiger partial charge in [-0.2, -0.15) is 0 Å². The van der Waals surface area contributed by atoms with Crippen LogP contribution in [0.2, 0.25) is 0 Å². The number of benzene rings is 1. The van der Waals surface area contributed by atoms with Gasteiger partial charge in [0, 0.05) is 34.1 Å². The fraction of sp³-hybridized carbons (Fsp3) is 0.360. The van der Waals surface area contributed by atoms with Gasteiger partial charge in [0.2, 0.25) is 11.4 Å². The molecule has 4 aromatic rings. The maximum atomic E-state index is 8.53. The summed E-state index contributed by atoms with van der Waals surface area (Å²) in [7, 11) is 1.91. The molecule has 0 fully saturated rings. The molecule has 0 amide bonds. The molecule has 0 radical (unpaired) electrons. The molecule has 3 nitrogen and oxygen atoms in total. The van der Waals surface area contributed by atoms with Gasteiger partial charge >= 0.3 is 0 Å². The summed E-state index contributed by atoms with van der Waals surface area (Å²) in [6.45, 7) is 5.34. The van der Waals surface area contributed by atoms with E-state index in [0.717, 1.165) is 45.3 Å². The highest BCUT2D eigenvalue weighted by Crippen LogP contribution is 2.37. The van der Waals surface area contributed by atoms with E-state index < -0.39 is 12.7 Å². The molecule has 0 aliphatic rings. The second-order valence-corrected chi connectivity index (χ2v) is 8.03. The fourth-order valence-electron chi connectivity index (χ4n) is 3.76. The minimum atomic E-state index is -2.44. The Morgan fingerprint density at radius 1 is 1.14 bits per heavy atom. The van der Waals surface area contributed by atoms with Crippen molar-refractivity contribution in [2.24, 2.45) is 13.0 Å². The van der Waals surface area contributed by atoms with E-state index in [4.69, 9.17) is 14.9 Å². The van der Waals surface area contributed by atoms with Crippen LogP contribution in [0.4, 0.5) is 0 Å². The maximum Gasteiger partial charge on any atom is 0.227 e. The SMILES string of the molecule is [2H]C([2H])([2H])C([2H])(C)c1cc[n+](C)c(-c2c(C)ccc3c2oc2nc(CC(C)C)ccc23)c1. The van der Waals surface area contributed by atoms with Crippen molar-refractivity contribution in [3.8, 4) is 11.3 Å². The molecule has 3 heterocycles. The van der Waals surface area contributed by atoms with Crippen molar-refractivity contribution in [2.45, 2.75) is 46.9 Å². The minimum absolute atomic E-state index is 0.440. The summed E-state index contributed by atoms with van der Waals surface area (Å²) in [4.78, 5) is 4.75. The van der Waals surface area contributed by atoms with Crippen molar-refractivity contribution in [1.29, 1.82) is 0 Å². The van der Waals surface area contributed by atoms with Crippen molar-refractivity contribution in [2.75, 3.05) is 0 Å². The summed E-state index contributed by atoms with van der Waals surface area (Å²) in [6.07, 6.45) is 2.69. The van der Waals surface area contributed by atoms with Crippen LogP contribution >= 0.6 is 0 Å². The lowest BCUT2D eigenvalue weighted by Crippen LogP contribution is -2.31. The average molecular weight is 378 g/mol. The first-order valence-electron chi connectivity index (χ1n) is 11.7. The number of hydrogen-bond acceptors (Lipinski definition) is 2. The zero-order valence-electron chi connectivity index (χ0n) is 21.1. The Hall–Kier alpha value is -2.68. The van der Waals surface area contributed by atoms with Crippen LogP contribution in [0.3, 0.4) is 0 Å². The van der Waals surface area contributed by atoms with E-state index in [1.54, 1.807) is 12.1 Å². The third kappa shape index (κ3) is 3.19. The predicted molar refractivity (Wildman–Crippen MR) is 115 cm³/mol. The van der Waals surface area contributed by atoms with Crippen LogP contribution in [0.5, 0.6) is 0 Å². The van der Waals surface area contributed by atoms with Gasteiger partial charge in [-0.3, -0.25) is 0 Å². The number of fused-ring (bicyclic) bond motifs is 3. The van der Waals surface area contributed by atoms with Gasteiger partial charge in [-0.15, -0.1) is 0 Å². The number of furan rings is 1. The summed E-state index contributed by atoms with van der Waals surface area (Å²) in [5.41, 5.74) is 5.47. The number of rotatable bonds is 4. The van der Waals surface area contributed by atoms with Crippen LogP contribution in [0.1, 0.15) is 55.8 Å². The molecule has 0 aliphatic carbocycles. The summed E-state index contributed by atoms with van der Waals surface area (Å²) < 4.78 is 40.3. The molecule has 4 rings (SSSR count). The molecule has 1 aromatic carbocycles. The van der Waals surface area contributed by atoms with E-state index in [0.29, 0.717) is 17.2 Å². The monoisotopic (exact) mass is 377 g/mol. The van der Waals surface area contributed by atoms with Crippen molar-refractivity contribution in [3.05, 3.63) is 59.4 Å². The molecular weight excluding hydrogens is 344 g/mol. The largest absolute Gasteiger partial charge is 0.437 e. The van der Waals surface area contributed by atoms with E-state index in [1.165, 1.54) is 6.92 Å².